The normalized spacial score (nSPS) is 11.5. The van der Waals surface area contributed by atoms with E-state index in [9.17, 15) is 35.5 Å². The van der Waals surface area contributed by atoms with Crippen LogP contribution in [0.1, 0.15) is 34.1 Å². The number of aliphatic carboxylic acids is 2. The molecular weight excluding hydrogens is 667 g/mol. The molecule has 0 aliphatic carbocycles. The van der Waals surface area contributed by atoms with E-state index in [1.165, 1.54) is 17.8 Å². The molecule has 0 atom stereocenters. The minimum atomic E-state index is -5.19. The number of carbonyl (C=O) groups excluding carboxylic acids is 2. The fraction of sp³-hybridized carbons (Fsp3) is 0.250. The van der Waals surface area contributed by atoms with Crippen LogP contribution >= 0.6 is 0 Å². The van der Waals surface area contributed by atoms with Crippen LogP contribution in [0.3, 0.4) is 0 Å². The van der Waals surface area contributed by atoms with E-state index in [1.54, 1.807) is 18.2 Å². The van der Waals surface area contributed by atoms with Crippen LogP contribution in [0.2, 0.25) is 0 Å². The molecule has 0 bridgehead atoms. The first-order valence-electron chi connectivity index (χ1n) is 14.1. The molecular formula is C32H32F7N5O5. The summed E-state index contributed by atoms with van der Waals surface area (Å²) in [5.41, 5.74) is 10.6. The largest absolute Gasteiger partial charge is 0.542 e. The van der Waals surface area contributed by atoms with Gasteiger partial charge in [-0.1, -0.05) is 30.3 Å². The van der Waals surface area contributed by atoms with Crippen LogP contribution in [0.4, 0.5) is 36.4 Å². The van der Waals surface area contributed by atoms with E-state index in [4.69, 9.17) is 30.9 Å². The molecule has 1 amide bonds. The molecule has 0 saturated carbocycles. The van der Waals surface area contributed by atoms with Crippen LogP contribution in [0, 0.1) is 11.2 Å². The molecule has 4 rings (SSSR count). The summed E-state index contributed by atoms with van der Waals surface area (Å²) >= 11 is 0. The van der Waals surface area contributed by atoms with Crippen LogP contribution in [0.15, 0.2) is 72.8 Å². The summed E-state index contributed by atoms with van der Waals surface area (Å²) in [6.45, 7) is 3.90. The average molecular weight is 700 g/mol. The van der Waals surface area contributed by atoms with Gasteiger partial charge in [0.25, 0.3) is 5.91 Å². The molecule has 1 aromatic heterocycles. The molecule has 264 valence electrons. The first-order chi connectivity index (χ1) is 22.6. The fourth-order valence-corrected chi connectivity index (χ4v) is 4.09. The van der Waals surface area contributed by atoms with Crippen LogP contribution in [-0.4, -0.2) is 66.3 Å². The number of hydrogen-bond acceptors (Lipinski definition) is 5. The number of fused-ring (bicyclic) bond motifs is 1. The van der Waals surface area contributed by atoms with Gasteiger partial charge in [-0.05, 0) is 60.5 Å². The Kier molecular flexibility index (Phi) is 13.1. The monoisotopic (exact) mass is 699 g/mol. The molecule has 49 heavy (non-hydrogen) atoms. The van der Waals surface area contributed by atoms with Crippen molar-refractivity contribution < 1.29 is 55.3 Å². The number of quaternary nitrogens is 1. The van der Waals surface area contributed by atoms with E-state index in [1.807, 2.05) is 34.9 Å². The summed E-state index contributed by atoms with van der Waals surface area (Å²) in [5, 5.41) is 27.3. The van der Waals surface area contributed by atoms with Gasteiger partial charge in [-0.3, -0.25) is 14.7 Å². The van der Waals surface area contributed by atoms with Crippen molar-refractivity contribution in [1.29, 1.82) is 5.41 Å². The summed E-state index contributed by atoms with van der Waals surface area (Å²) in [6, 6.07) is 21.8. The number of halogens is 7. The lowest BCUT2D eigenvalue weighted by atomic mass is 10.1. The summed E-state index contributed by atoms with van der Waals surface area (Å²) in [5.74, 6) is -6.37. The first-order valence-corrected chi connectivity index (χ1v) is 14.1. The number of nitrogen functional groups attached to an aromatic ring is 1. The van der Waals surface area contributed by atoms with Gasteiger partial charge in [0, 0.05) is 29.6 Å². The molecule has 0 fully saturated rings. The smallest absolute Gasteiger partial charge is 0.490 e. The molecule has 0 unspecified atom stereocenters. The maximum absolute atomic E-state index is 13.9. The molecule has 1 heterocycles. The van der Waals surface area contributed by atoms with Gasteiger partial charge in [-0.25, -0.2) is 9.18 Å². The second-order valence-electron chi connectivity index (χ2n) is 10.9. The van der Waals surface area contributed by atoms with Gasteiger partial charge in [-0.15, -0.1) is 0 Å². The molecule has 0 saturated heterocycles. The number of benzene rings is 3. The van der Waals surface area contributed by atoms with Crippen molar-refractivity contribution in [2.45, 2.75) is 32.4 Å². The predicted molar refractivity (Wildman–Crippen MR) is 165 cm³/mol. The lowest BCUT2D eigenvalue weighted by Crippen LogP contribution is -2.39. The first kappa shape index (κ1) is 39.7. The zero-order chi connectivity index (χ0) is 37.3. The molecule has 5 N–H and O–H groups in total. The van der Waals surface area contributed by atoms with E-state index in [0.717, 1.165) is 27.7 Å². The number of nitrogens with zero attached hydrogens (tertiary/aromatic N) is 2. The maximum atomic E-state index is 13.9. The van der Waals surface area contributed by atoms with Gasteiger partial charge in [0.15, 0.2) is 0 Å². The number of carbonyl (C=O) groups is 3. The highest BCUT2D eigenvalue weighted by Gasteiger charge is 2.38. The molecule has 0 aliphatic rings. The number of carboxylic acid groups (broad SMARTS) is 2. The predicted octanol–water partition coefficient (Wildman–Crippen LogP) is 4.56. The van der Waals surface area contributed by atoms with Gasteiger partial charge in [-0.2, -0.15) is 26.3 Å². The van der Waals surface area contributed by atoms with Gasteiger partial charge in [0.2, 0.25) is 0 Å². The van der Waals surface area contributed by atoms with E-state index in [-0.39, 0.29) is 17.6 Å². The molecule has 0 radical (unpaired) electrons. The Labute approximate surface area is 275 Å². The number of carboxylic acids is 2. The second kappa shape index (κ2) is 16.1. The highest BCUT2D eigenvalue weighted by molar-refractivity contribution is 5.99. The molecule has 4 aromatic rings. The summed E-state index contributed by atoms with van der Waals surface area (Å²) in [4.78, 5) is 30.9. The molecule has 17 heteroatoms. The van der Waals surface area contributed by atoms with Crippen molar-refractivity contribution in [3.05, 3.63) is 101 Å². The summed E-state index contributed by atoms with van der Waals surface area (Å²) in [7, 11) is 4.31. The van der Waals surface area contributed by atoms with E-state index >= 15 is 0 Å². The molecule has 3 aromatic carbocycles. The van der Waals surface area contributed by atoms with Crippen LogP contribution in [0.25, 0.3) is 10.9 Å². The van der Waals surface area contributed by atoms with E-state index < -0.39 is 24.3 Å². The standard InChI is InChI=1S/C28H30FN5O.2C2HF3O2/c1-4-34(2,3)24-11-8-19(9-12-24)17-32-28(35)26-16-22-15-23(29)10-13-25(22)33(26)18-20-6-5-7-21(14-20)27(30)31;2*3-2(4,5)1(6)7/h5-16H,4,17-18H2,1-3H3,(H3-,30,31,32,35);2*(H,6,7). The third-order valence-electron chi connectivity index (χ3n) is 7.03. The second-order valence-corrected chi connectivity index (χ2v) is 10.9. The minimum Gasteiger partial charge on any atom is -0.542 e. The Balaban J connectivity index is 0.000000500. The third kappa shape index (κ3) is 11.6. The van der Waals surface area contributed by atoms with E-state index in [0.29, 0.717) is 29.7 Å². The lowest BCUT2D eigenvalue weighted by molar-refractivity contribution is -0.344. The van der Waals surface area contributed by atoms with Crippen molar-refractivity contribution in [2.24, 2.45) is 5.73 Å². The molecule has 0 spiro atoms. The highest BCUT2D eigenvalue weighted by atomic mass is 19.4. The molecule has 10 nitrogen and oxygen atoms in total. The number of hydrogen-bond donors (Lipinski definition) is 4. The SMILES string of the molecule is CC[N+](C)(C)c1ccc(CNC(=O)c2cc3cc(F)ccc3n2Cc2cccc(C(=N)N)c2)cc1.O=C(O)C(F)(F)F.O=C([O-])C(F)(F)F. The van der Waals surface area contributed by atoms with E-state index in [2.05, 4.69) is 38.5 Å². The topological polar surface area (TPSA) is 161 Å². The lowest BCUT2D eigenvalue weighted by Gasteiger charge is -2.27. The van der Waals surface area contributed by atoms with Crippen molar-refractivity contribution in [1.82, 2.24) is 14.4 Å². The average Bonchev–Trinajstić information content (AvgIpc) is 3.36. The number of nitrogens with two attached hydrogens (primary N) is 1. The van der Waals surface area contributed by atoms with Crippen LogP contribution in [0.5, 0.6) is 0 Å². The highest BCUT2D eigenvalue weighted by Crippen LogP contribution is 2.24. The van der Waals surface area contributed by atoms with Gasteiger partial charge in [0.05, 0.1) is 20.6 Å². The van der Waals surface area contributed by atoms with Crippen molar-refractivity contribution in [3.63, 3.8) is 0 Å². The Morgan fingerprint density at radius 2 is 1.49 bits per heavy atom. The number of amidine groups is 1. The van der Waals surface area contributed by atoms with Gasteiger partial charge >= 0.3 is 18.3 Å². The van der Waals surface area contributed by atoms with Crippen LogP contribution < -0.4 is 20.6 Å². The zero-order valence-electron chi connectivity index (χ0n) is 26.2. The maximum Gasteiger partial charge on any atom is 0.490 e. The van der Waals surface area contributed by atoms with Crippen LogP contribution in [-0.2, 0) is 22.7 Å². The number of alkyl halides is 6. The van der Waals surface area contributed by atoms with Gasteiger partial charge in [0.1, 0.15) is 29.0 Å². The Morgan fingerprint density at radius 1 is 0.918 bits per heavy atom. The molecule has 0 aliphatic heterocycles. The number of rotatable bonds is 8. The quantitative estimate of drug-likeness (QED) is 0.0913. The van der Waals surface area contributed by atoms with Crippen molar-refractivity contribution in [3.8, 4) is 0 Å². The summed E-state index contributed by atoms with van der Waals surface area (Å²) in [6.07, 6.45) is -10.3. The fourth-order valence-electron chi connectivity index (χ4n) is 4.09. The van der Waals surface area contributed by atoms with Crippen molar-refractivity contribution >= 4 is 40.3 Å². The Bertz CT molecular complexity index is 1780. The minimum absolute atomic E-state index is 0.0172. The summed E-state index contributed by atoms with van der Waals surface area (Å²) < 4.78 is 79.8. The van der Waals surface area contributed by atoms with Crippen molar-refractivity contribution in [2.75, 3.05) is 20.6 Å². The number of nitrogens with one attached hydrogen (secondary N) is 2. The van der Waals surface area contributed by atoms with Gasteiger partial charge < -0.3 is 30.6 Å². The number of amides is 1. The number of aromatic nitrogens is 1. The Morgan fingerprint density at radius 3 is 1.98 bits per heavy atom. The Hall–Kier alpha value is -5.45. The zero-order valence-corrected chi connectivity index (χ0v) is 26.2. The third-order valence-corrected chi connectivity index (χ3v) is 7.03.